The van der Waals surface area contributed by atoms with Gasteiger partial charge in [0.05, 0.1) is 23.2 Å². The van der Waals surface area contributed by atoms with E-state index in [-0.39, 0.29) is 62.2 Å². The summed E-state index contributed by atoms with van der Waals surface area (Å²) >= 11 is 0. The van der Waals surface area contributed by atoms with E-state index in [0.29, 0.717) is 53.3 Å². The molecule has 0 unspecified atom stereocenters. The fourth-order valence-corrected chi connectivity index (χ4v) is 10.4. The lowest BCUT2D eigenvalue weighted by Gasteiger charge is -2.59. The Kier molecular flexibility index (Phi) is 19.6. The SMILES string of the molecule is C=CCO[C@@]12Oc3ccc(Oc4cccc(C=O)c4)cc3[C@H]3[C@H](CCCCO)[C@@H](CCCCO)C=C(C(=NOCc4ccc([N+](=O)[O-])cc4)C[C@@H]1N(C)C(=O)CCCCCCCCCCC)[C@H]32. The minimum absolute atomic E-state index is 0.0162. The van der Waals surface area contributed by atoms with Crippen molar-refractivity contribution in [1.29, 1.82) is 0 Å². The van der Waals surface area contributed by atoms with Crippen LogP contribution in [0, 0.1) is 27.9 Å². The number of allylic oxidation sites excluding steroid dienone is 1. The van der Waals surface area contributed by atoms with Gasteiger partial charge < -0.3 is 34.2 Å². The molecule has 6 rings (SSSR count). The van der Waals surface area contributed by atoms with Crippen molar-refractivity contribution in [2.45, 2.75) is 140 Å². The molecule has 1 heterocycles. The number of nitrogens with zero attached hydrogens (tertiary/aromatic N) is 3. The van der Waals surface area contributed by atoms with Gasteiger partial charge in [-0.05, 0) is 97.5 Å². The van der Waals surface area contributed by atoms with Crippen molar-refractivity contribution in [2.24, 2.45) is 22.9 Å². The Morgan fingerprint density at radius 2 is 1.63 bits per heavy atom. The molecule has 0 spiro atoms. The third kappa shape index (κ3) is 13.0. The molecular weight excluding hydrogens is 851 g/mol. The maximum Gasteiger partial charge on any atom is 0.269 e. The van der Waals surface area contributed by atoms with E-state index in [1.54, 1.807) is 47.4 Å². The van der Waals surface area contributed by atoms with Gasteiger partial charge in [-0.1, -0.05) is 101 Å². The number of oxime groups is 1. The van der Waals surface area contributed by atoms with E-state index < -0.39 is 22.7 Å². The van der Waals surface area contributed by atoms with E-state index in [1.165, 1.54) is 50.7 Å². The number of rotatable bonds is 29. The number of carbonyl (C=O) groups excluding carboxylic acids is 2. The Balaban J connectivity index is 1.44. The fourth-order valence-electron chi connectivity index (χ4n) is 10.4. The van der Waals surface area contributed by atoms with E-state index in [1.807, 2.05) is 25.2 Å². The summed E-state index contributed by atoms with van der Waals surface area (Å²) in [6.45, 7) is 6.61. The molecule has 1 saturated carbocycles. The molecule has 0 saturated heterocycles. The number of benzene rings is 3. The number of aldehydes is 1. The lowest BCUT2D eigenvalue weighted by atomic mass is 9.55. The molecule has 13 nitrogen and oxygen atoms in total. The van der Waals surface area contributed by atoms with Crippen LogP contribution in [0.1, 0.15) is 143 Å². The minimum atomic E-state index is -1.38. The van der Waals surface area contributed by atoms with Crippen LogP contribution in [0.4, 0.5) is 5.69 Å². The molecule has 3 aliphatic rings. The van der Waals surface area contributed by atoms with Crippen LogP contribution in [0.2, 0.25) is 0 Å². The summed E-state index contributed by atoms with van der Waals surface area (Å²) in [7, 11) is 1.83. The lowest BCUT2D eigenvalue weighted by molar-refractivity contribution is -0.384. The van der Waals surface area contributed by atoms with Gasteiger partial charge in [0.25, 0.3) is 5.69 Å². The van der Waals surface area contributed by atoms with Gasteiger partial charge in [-0.25, -0.2) is 0 Å². The standard InChI is InChI=1S/C54H71N3O10/c1-4-6-7-8-9-10-11-12-13-23-51(61)56(3)50-36-48(55-65-38-39-24-26-42(27-25-39)57(62)63)46-34-41(20-14-16-30-58)45(22-15-17-31-59)52-47-35-44(66-43-21-18-19-40(33-43)37-60)28-29-49(47)67-54(50,53(46)52)64-32-5-2/h5,18-19,21,24-29,33-35,37,41,45,50,52-53,58-59H,2,4,6-17,20,22-23,30-32,36,38H2,1,3H3/t41-,45+,50-,52+,53+,54+/m0/s1. The first kappa shape index (κ1) is 51.0. The highest BCUT2D eigenvalue weighted by Crippen LogP contribution is 2.62. The largest absolute Gasteiger partial charge is 0.459 e. The molecule has 67 heavy (non-hydrogen) atoms. The number of carbonyl (C=O) groups is 2. The summed E-state index contributed by atoms with van der Waals surface area (Å²) in [5.74, 6) is -0.409. The number of ether oxygens (including phenoxy) is 3. The van der Waals surface area contributed by atoms with Crippen molar-refractivity contribution in [3.63, 3.8) is 0 Å². The Morgan fingerprint density at radius 1 is 0.925 bits per heavy atom. The third-order valence-electron chi connectivity index (χ3n) is 13.8. The molecule has 1 fully saturated rings. The molecule has 3 aromatic carbocycles. The van der Waals surface area contributed by atoms with Crippen molar-refractivity contribution in [3.05, 3.63) is 118 Å². The molecule has 0 radical (unpaired) electrons. The van der Waals surface area contributed by atoms with Crippen molar-refractivity contribution in [3.8, 4) is 17.2 Å². The number of likely N-dealkylation sites (N-methyl/N-ethyl adjacent to an activating group) is 1. The van der Waals surface area contributed by atoms with Crippen LogP contribution in [-0.2, 0) is 21.0 Å². The first-order valence-corrected chi connectivity index (χ1v) is 24.6. The molecule has 6 atom stereocenters. The summed E-state index contributed by atoms with van der Waals surface area (Å²) in [4.78, 5) is 45.1. The average Bonchev–Trinajstić information content (AvgIpc) is 3.34. The maximum atomic E-state index is 14.5. The number of nitro groups is 1. The molecule has 362 valence electrons. The van der Waals surface area contributed by atoms with Gasteiger partial charge in [0.15, 0.2) is 0 Å². The van der Waals surface area contributed by atoms with Gasteiger partial charge in [-0.2, -0.15) is 0 Å². The predicted octanol–water partition coefficient (Wildman–Crippen LogP) is 11.4. The van der Waals surface area contributed by atoms with Crippen molar-refractivity contribution in [1.82, 2.24) is 4.90 Å². The molecule has 13 heteroatoms. The maximum absolute atomic E-state index is 14.5. The van der Waals surface area contributed by atoms with E-state index in [0.717, 1.165) is 62.4 Å². The Morgan fingerprint density at radius 3 is 2.31 bits per heavy atom. The lowest BCUT2D eigenvalue weighted by Crippen LogP contribution is -2.69. The minimum Gasteiger partial charge on any atom is -0.459 e. The zero-order chi connectivity index (χ0) is 47.6. The fraction of sp³-hybridized carbons (Fsp3) is 0.537. The van der Waals surface area contributed by atoms with Crippen molar-refractivity contribution >= 4 is 23.6 Å². The Hall–Kier alpha value is -5.37. The summed E-state index contributed by atoms with van der Waals surface area (Å²) in [6.07, 6.45) is 20.1. The second-order valence-electron chi connectivity index (χ2n) is 18.3. The molecular formula is C54H71N3O10. The number of unbranched alkanes of at least 4 members (excludes halogenated alkanes) is 10. The zero-order valence-electron chi connectivity index (χ0n) is 39.5. The first-order chi connectivity index (χ1) is 32.7. The van der Waals surface area contributed by atoms with E-state index >= 15 is 0 Å². The van der Waals surface area contributed by atoms with Crippen LogP contribution in [0.5, 0.6) is 17.2 Å². The quantitative estimate of drug-likeness (QED) is 0.0225. The third-order valence-corrected chi connectivity index (χ3v) is 13.8. The average molecular weight is 922 g/mol. The highest BCUT2D eigenvalue weighted by molar-refractivity contribution is 6.03. The van der Waals surface area contributed by atoms with Crippen LogP contribution in [0.25, 0.3) is 0 Å². The van der Waals surface area contributed by atoms with Gasteiger partial charge in [0, 0.05) is 62.3 Å². The van der Waals surface area contributed by atoms with Crippen molar-refractivity contribution < 1.29 is 43.8 Å². The molecule has 0 aromatic heterocycles. The molecule has 2 N–H and O–H groups in total. The Labute approximate surface area is 396 Å². The van der Waals surface area contributed by atoms with Crippen LogP contribution >= 0.6 is 0 Å². The van der Waals surface area contributed by atoms with E-state index in [2.05, 4.69) is 19.6 Å². The number of nitro benzene ring substituents is 1. The zero-order valence-corrected chi connectivity index (χ0v) is 39.5. The van der Waals surface area contributed by atoms with Gasteiger partial charge in [-0.3, -0.25) is 19.7 Å². The van der Waals surface area contributed by atoms with Crippen LogP contribution in [0.15, 0.2) is 96.2 Å². The second-order valence-corrected chi connectivity index (χ2v) is 18.3. The number of fused-ring (bicyclic) bond motifs is 2. The second kappa shape index (κ2) is 25.7. The number of amides is 1. The van der Waals surface area contributed by atoms with Gasteiger partial charge in [-0.15, -0.1) is 6.58 Å². The number of aliphatic hydroxyl groups is 2. The highest BCUT2D eigenvalue weighted by Gasteiger charge is 2.65. The van der Waals surface area contributed by atoms with Crippen molar-refractivity contribution in [2.75, 3.05) is 26.9 Å². The number of hydrogen-bond acceptors (Lipinski definition) is 11. The van der Waals surface area contributed by atoms with Crippen LogP contribution < -0.4 is 9.47 Å². The molecule has 0 bridgehead atoms. The Bertz CT molecular complexity index is 2160. The predicted molar refractivity (Wildman–Crippen MR) is 259 cm³/mol. The first-order valence-electron chi connectivity index (χ1n) is 24.6. The van der Waals surface area contributed by atoms with E-state index in [4.69, 9.17) is 24.2 Å². The van der Waals surface area contributed by atoms with Gasteiger partial charge in [0.1, 0.15) is 36.2 Å². The van der Waals surface area contributed by atoms with Gasteiger partial charge >= 0.3 is 0 Å². The summed E-state index contributed by atoms with van der Waals surface area (Å²) in [5, 5.41) is 36.2. The number of aliphatic hydroxyl groups excluding tert-OH is 2. The molecule has 1 aliphatic heterocycles. The summed E-state index contributed by atoms with van der Waals surface area (Å²) in [6, 6.07) is 18.3. The summed E-state index contributed by atoms with van der Waals surface area (Å²) < 4.78 is 20.8. The molecule has 3 aromatic rings. The van der Waals surface area contributed by atoms with Gasteiger partial charge in [0.2, 0.25) is 11.7 Å². The number of hydrogen-bond donors (Lipinski definition) is 2. The highest BCUT2D eigenvalue weighted by atomic mass is 16.7. The van der Waals surface area contributed by atoms with Crippen LogP contribution in [-0.4, -0.2) is 76.6 Å². The molecule has 1 amide bonds. The molecule has 2 aliphatic carbocycles. The monoisotopic (exact) mass is 922 g/mol. The number of non-ortho nitro benzene ring substituents is 1. The topological polar surface area (TPSA) is 170 Å². The van der Waals surface area contributed by atoms with Crippen LogP contribution in [0.3, 0.4) is 0 Å². The van der Waals surface area contributed by atoms with E-state index in [9.17, 15) is 29.9 Å². The summed E-state index contributed by atoms with van der Waals surface area (Å²) in [5.41, 5.74) is 3.66. The smallest absolute Gasteiger partial charge is 0.269 e. The normalized spacial score (nSPS) is 22.2.